The highest BCUT2D eigenvalue weighted by Gasteiger charge is 2.46. The number of ether oxygens (including phenoxy) is 1. The van der Waals surface area contributed by atoms with Gasteiger partial charge in [-0.3, -0.25) is 9.69 Å². The topological polar surface area (TPSA) is 49.9 Å². The molecule has 1 fully saturated rings. The second-order valence-corrected chi connectivity index (χ2v) is 11.1. The van der Waals surface area contributed by atoms with Crippen molar-refractivity contribution in [2.45, 2.75) is 89.7 Å². The van der Waals surface area contributed by atoms with Crippen molar-refractivity contribution in [3.8, 4) is 0 Å². The molecule has 0 saturated heterocycles. The van der Waals surface area contributed by atoms with Crippen molar-refractivity contribution in [2.75, 3.05) is 4.90 Å². The molecular formula is C29H29F9N2O3. The van der Waals surface area contributed by atoms with Crippen molar-refractivity contribution in [3.05, 3.63) is 64.2 Å². The zero-order valence-electron chi connectivity index (χ0n) is 23.3. The number of carbonyl (C=O) groups is 2. The molecule has 0 N–H and O–H groups in total. The molecule has 14 heteroatoms. The first kappa shape index (κ1) is 32.5. The van der Waals surface area contributed by atoms with Crippen LogP contribution in [-0.2, 0) is 34.6 Å². The Bertz CT molecular complexity index is 1330. The summed E-state index contributed by atoms with van der Waals surface area (Å²) in [4.78, 5) is 28.5. The lowest BCUT2D eigenvalue weighted by Crippen LogP contribution is -2.53. The summed E-state index contributed by atoms with van der Waals surface area (Å²) in [6, 6.07) is 1.69. The fourth-order valence-corrected chi connectivity index (χ4v) is 5.62. The van der Waals surface area contributed by atoms with Crippen LogP contribution in [0.5, 0.6) is 0 Å². The van der Waals surface area contributed by atoms with Crippen LogP contribution in [0.15, 0.2) is 36.4 Å². The van der Waals surface area contributed by atoms with Crippen LogP contribution < -0.4 is 4.90 Å². The molecule has 2 amide bonds. The highest BCUT2D eigenvalue weighted by Crippen LogP contribution is 2.49. The Hall–Kier alpha value is -3.45. The number of hydrogen-bond donors (Lipinski definition) is 0. The van der Waals surface area contributed by atoms with Gasteiger partial charge in [-0.15, -0.1) is 0 Å². The van der Waals surface area contributed by atoms with Gasteiger partial charge in [0.1, 0.15) is 0 Å². The molecule has 236 valence electrons. The van der Waals surface area contributed by atoms with E-state index in [-0.39, 0.29) is 29.7 Å². The fraction of sp³-hybridized carbons (Fsp3) is 0.517. The number of halogens is 9. The molecule has 2 atom stereocenters. The Balaban J connectivity index is 1.87. The quantitative estimate of drug-likeness (QED) is 0.313. The molecule has 4 rings (SSSR count). The number of benzene rings is 2. The van der Waals surface area contributed by atoms with Crippen molar-refractivity contribution in [2.24, 2.45) is 5.92 Å². The predicted molar refractivity (Wildman–Crippen MR) is 137 cm³/mol. The van der Waals surface area contributed by atoms with Gasteiger partial charge in [0.05, 0.1) is 34.5 Å². The first-order valence-corrected chi connectivity index (χ1v) is 13.5. The number of nitrogens with zero attached hydrogens (tertiary/aromatic N) is 2. The van der Waals surface area contributed by atoms with Crippen LogP contribution in [0.4, 0.5) is 50.0 Å². The molecular weight excluding hydrogens is 595 g/mol. The highest BCUT2D eigenvalue weighted by molar-refractivity contribution is 5.91. The number of alkyl halides is 9. The van der Waals surface area contributed by atoms with Crippen LogP contribution in [0.25, 0.3) is 0 Å². The average Bonchev–Trinajstić information content (AvgIpc) is 2.83. The van der Waals surface area contributed by atoms with Gasteiger partial charge < -0.3 is 9.64 Å². The van der Waals surface area contributed by atoms with E-state index in [0.717, 1.165) is 36.4 Å². The first-order chi connectivity index (χ1) is 19.8. The lowest BCUT2D eigenvalue weighted by atomic mass is 9.74. The van der Waals surface area contributed by atoms with Gasteiger partial charge in [-0.05, 0) is 86.6 Å². The van der Waals surface area contributed by atoms with Crippen molar-refractivity contribution in [1.29, 1.82) is 0 Å². The van der Waals surface area contributed by atoms with Crippen LogP contribution in [0.3, 0.4) is 0 Å². The van der Waals surface area contributed by atoms with Gasteiger partial charge in [0.25, 0.3) is 0 Å². The van der Waals surface area contributed by atoms with Gasteiger partial charge in [-0.1, -0.05) is 6.42 Å². The number of rotatable bonds is 5. The third-order valence-electron chi connectivity index (χ3n) is 7.78. The highest BCUT2D eigenvalue weighted by atomic mass is 19.4. The molecule has 0 bridgehead atoms. The minimum atomic E-state index is -5.14. The lowest BCUT2D eigenvalue weighted by Gasteiger charge is -2.48. The Labute approximate surface area is 241 Å². The van der Waals surface area contributed by atoms with E-state index < -0.39 is 77.5 Å². The van der Waals surface area contributed by atoms with Crippen LogP contribution in [0.2, 0.25) is 0 Å². The number of carbonyl (C=O) groups excluding carboxylic acids is 2. The summed E-state index contributed by atoms with van der Waals surface area (Å²) in [6.45, 7) is 3.47. The van der Waals surface area contributed by atoms with Crippen LogP contribution >= 0.6 is 0 Å². The molecule has 1 saturated carbocycles. The third-order valence-corrected chi connectivity index (χ3v) is 7.78. The molecule has 0 spiro atoms. The first-order valence-electron chi connectivity index (χ1n) is 13.5. The van der Waals surface area contributed by atoms with Gasteiger partial charge in [0.2, 0.25) is 5.91 Å². The normalized spacial score (nSPS) is 19.6. The summed E-state index contributed by atoms with van der Waals surface area (Å²) in [5, 5.41) is 0. The third kappa shape index (κ3) is 7.04. The van der Waals surface area contributed by atoms with Gasteiger partial charge in [0.15, 0.2) is 0 Å². The van der Waals surface area contributed by atoms with Crippen molar-refractivity contribution in [1.82, 2.24) is 4.90 Å². The summed E-state index contributed by atoms with van der Waals surface area (Å²) in [5.41, 5.74) is -4.87. The molecule has 5 nitrogen and oxygen atoms in total. The van der Waals surface area contributed by atoms with E-state index in [1.807, 2.05) is 0 Å². The minimum Gasteiger partial charge on any atom is -0.446 e. The summed E-state index contributed by atoms with van der Waals surface area (Å²) in [5.74, 6) is -0.901. The van der Waals surface area contributed by atoms with Gasteiger partial charge >= 0.3 is 24.6 Å². The number of fused-ring (bicyclic) bond motifs is 1. The maximum absolute atomic E-state index is 13.8. The Morgan fingerprint density at radius 3 is 1.88 bits per heavy atom. The standard InChI is InChI=1S/C29H29F9N2O3/c1-15(2)43-26(42)40-23-8-7-19(27(30,31)32)12-22(23)25(13-24(40)18-5-4-6-18)39(16(3)41)14-17-9-20(28(33,34)35)11-21(10-17)29(36,37)38/h7-12,15,18,24-25H,4-6,13-14H2,1-3H3/t24-,25-/m1/s1. The van der Waals surface area contributed by atoms with Crippen LogP contribution in [0.1, 0.15) is 80.3 Å². The minimum absolute atomic E-state index is 0.0260. The Morgan fingerprint density at radius 2 is 1.44 bits per heavy atom. The van der Waals surface area contributed by atoms with Crippen molar-refractivity contribution in [3.63, 3.8) is 0 Å². The molecule has 2 aliphatic rings. The van der Waals surface area contributed by atoms with E-state index in [2.05, 4.69) is 0 Å². The number of amides is 2. The van der Waals surface area contributed by atoms with E-state index >= 15 is 0 Å². The summed E-state index contributed by atoms with van der Waals surface area (Å²) < 4.78 is 128. The molecule has 1 aliphatic heterocycles. The second-order valence-electron chi connectivity index (χ2n) is 11.1. The largest absolute Gasteiger partial charge is 0.446 e. The number of anilines is 1. The van der Waals surface area contributed by atoms with E-state index in [0.29, 0.717) is 25.0 Å². The van der Waals surface area contributed by atoms with Gasteiger partial charge in [-0.25, -0.2) is 4.79 Å². The molecule has 0 radical (unpaired) electrons. The summed E-state index contributed by atoms with van der Waals surface area (Å²) in [6.07, 6.45) is -14.4. The zero-order chi connectivity index (χ0) is 32.1. The van der Waals surface area contributed by atoms with Gasteiger partial charge in [-0.2, -0.15) is 39.5 Å². The lowest BCUT2D eigenvalue weighted by molar-refractivity contribution is -0.143. The predicted octanol–water partition coefficient (Wildman–Crippen LogP) is 8.76. The van der Waals surface area contributed by atoms with Crippen molar-refractivity contribution >= 4 is 17.7 Å². The number of hydrogen-bond acceptors (Lipinski definition) is 3. The Morgan fingerprint density at radius 1 is 0.884 bits per heavy atom. The van der Waals surface area contributed by atoms with Gasteiger partial charge in [0, 0.05) is 19.5 Å². The SMILES string of the molecule is CC(=O)N(Cc1cc(C(F)(F)F)cc(C(F)(F)F)c1)[C@@H]1C[C@H](C2CCC2)N(C(=O)OC(C)C)c2ccc(C(F)(F)F)cc21. The Kier molecular flexibility index (Phi) is 8.73. The van der Waals surface area contributed by atoms with Crippen LogP contribution in [0, 0.1) is 5.92 Å². The molecule has 2 aromatic carbocycles. The smallest absolute Gasteiger partial charge is 0.416 e. The van der Waals surface area contributed by atoms with E-state index in [9.17, 15) is 49.1 Å². The summed E-state index contributed by atoms with van der Waals surface area (Å²) >= 11 is 0. The van der Waals surface area contributed by atoms with E-state index in [4.69, 9.17) is 4.74 Å². The molecule has 0 unspecified atom stereocenters. The molecule has 43 heavy (non-hydrogen) atoms. The maximum Gasteiger partial charge on any atom is 0.416 e. The molecule has 1 heterocycles. The molecule has 0 aromatic heterocycles. The molecule has 2 aromatic rings. The average molecular weight is 625 g/mol. The van der Waals surface area contributed by atoms with Crippen LogP contribution in [-0.4, -0.2) is 29.0 Å². The zero-order valence-corrected chi connectivity index (χ0v) is 23.3. The molecule has 1 aliphatic carbocycles. The van der Waals surface area contributed by atoms with E-state index in [1.54, 1.807) is 13.8 Å². The summed E-state index contributed by atoms with van der Waals surface area (Å²) in [7, 11) is 0. The van der Waals surface area contributed by atoms with E-state index in [1.165, 1.54) is 4.90 Å². The monoisotopic (exact) mass is 624 g/mol. The van der Waals surface area contributed by atoms with Crippen molar-refractivity contribution < 1.29 is 53.8 Å². The fourth-order valence-electron chi connectivity index (χ4n) is 5.62. The second kappa shape index (κ2) is 11.6. The maximum atomic E-state index is 13.8.